The lowest BCUT2D eigenvalue weighted by Gasteiger charge is -2.14. The van der Waals surface area contributed by atoms with Gasteiger partial charge in [0.05, 0.1) is 13.2 Å². The van der Waals surface area contributed by atoms with E-state index in [1.807, 2.05) is 13.8 Å². The molecular weight excluding hydrogens is 398 g/mol. The molecule has 2 N–H and O–H groups in total. The molecule has 0 saturated heterocycles. The van der Waals surface area contributed by atoms with Crippen LogP contribution in [0.3, 0.4) is 0 Å². The summed E-state index contributed by atoms with van der Waals surface area (Å²) < 4.78 is 39.3. The Morgan fingerprint density at radius 2 is 1.67 bits per heavy atom. The molecule has 0 atom stereocenters. The van der Waals surface area contributed by atoms with E-state index in [0.717, 1.165) is 0 Å². The number of hydrogen-bond acceptors (Lipinski definition) is 5. The minimum atomic E-state index is -2.90. The lowest BCUT2D eigenvalue weighted by Crippen LogP contribution is -2.40. The Labute approximate surface area is 172 Å². The number of rotatable bonds is 8. The van der Waals surface area contributed by atoms with Gasteiger partial charge in [0.1, 0.15) is 5.75 Å². The smallest absolute Gasteiger partial charge is 0.387 e. The van der Waals surface area contributed by atoms with E-state index in [9.17, 15) is 18.4 Å². The van der Waals surface area contributed by atoms with Crippen LogP contribution in [0, 0.1) is 0 Å². The summed E-state index contributed by atoms with van der Waals surface area (Å²) >= 11 is 0. The Kier molecular flexibility index (Phi) is 8.16. The third-order valence-electron chi connectivity index (χ3n) is 3.62. The van der Waals surface area contributed by atoms with Crippen LogP contribution in [0.25, 0.3) is 6.08 Å². The van der Waals surface area contributed by atoms with Crippen molar-refractivity contribution in [3.05, 3.63) is 59.7 Å². The van der Waals surface area contributed by atoms with E-state index in [4.69, 9.17) is 9.47 Å². The maximum absolute atomic E-state index is 12.2. The van der Waals surface area contributed by atoms with Crippen LogP contribution >= 0.6 is 0 Å². The standard InChI is InChI=1S/C21H22F2N2O5/c1-13(2)29-17-10-7-15(12-18(17)28-3)20(27)25-24-19(26)11-6-14-4-8-16(9-5-14)30-21(22)23/h4-13,21H,1-3H3,(H,24,26)(H,25,27)/b11-6+. The Hall–Kier alpha value is -3.62. The molecule has 0 aliphatic carbocycles. The number of hydrogen-bond donors (Lipinski definition) is 2. The SMILES string of the molecule is COc1cc(C(=O)NNC(=O)/C=C/c2ccc(OC(F)F)cc2)ccc1OC(C)C. The lowest BCUT2D eigenvalue weighted by molar-refractivity contribution is -0.117. The van der Waals surface area contributed by atoms with Crippen molar-refractivity contribution in [3.8, 4) is 17.2 Å². The Balaban J connectivity index is 1.91. The quantitative estimate of drug-likeness (QED) is 0.504. The summed E-state index contributed by atoms with van der Waals surface area (Å²) in [6.45, 7) is 0.836. The van der Waals surface area contributed by atoms with E-state index >= 15 is 0 Å². The summed E-state index contributed by atoms with van der Waals surface area (Å²) in [7, 11) is 1.46. The Morgan fingerprint density at radius 3 is 2.27 bits per heavy atom. The largest absolute Gasteiger partial charge is 0.493 e. The van der Waals surface area contributed by atoms with Crippen LogP contribution < -0.4 is 25.1 Å². The second-order valence-electron chi connectivity index (χ2n) is 6.26. The first-order valence-electron chi connectivity index (χ1n) is 8.96. The van der Waals surface area contributed by atoms with Crippen molar-refractivity contribution in [3.63, 3.8) is 0 Å². The Bertz CT molecular complexity index is 899. The predicted molar refractivity (Wildman–Crippen MR) is 106 cm³/mol. The first-order chi connectivity index (χ1) is 14.3. The van der Waals surface area contributed by atoms with Crippen molar-refractivity contribution in [2.24, 2.45) is 0 Å². The summed E-state index contributed by atoms with van der Waals surface area (Å²) in [6, 6.07) is 10.4. The normalized spacial score (nSPS) is 10.9. The van der Waals surface area contributed by atoms with E-state index in [2.05, 4.69) is 15.6 Å². The van der Waals surface area contributed by atoms with Gasteiger partial charge in [-0.1, -0.05) is 12.1 Å². The van der Waals surface area contributed by atoms with Gasteiger partial charge in [-0.2, -0.15) is 8.78 Å². The first kappa shape index (κ1) is 22.7. The van der Waals surface area contributed by atoms with Crippen LogP contribution in [-0.2, 0) is 4.79 Å². The summed E-state index contributed by atoms with van der Waals surface area (Å²) in [5.41, 5.74) is 5.39. The molecule has 2 amide bonds. The van der Waals surface area contributed by atoms with E-state index in [1.165, 1.54) is 49.6 Å². The maximum atomic E-state index is 12.2. The molecule has 2 rings (SSSR count). The number of ether oxygens (including phenoxy) is 3. The van der Waals surface area contributed by atoms with Crippen LogP contribution in [-0.4, -0.2) is 31.6 Å². The van der Waals surface area contributed by atoms with Crippen molar-refractivity contribution in [1.29, 1.82) is 0 Å². The highest BCUT2D eigenvalue weighted by molar-refractivity contribution is 5.98. The molecule has 2 aromatic rings. The fourth-order valence-corrected chi connectivity index (χ4v) is 2.32. The highest BCUT2D eigenvalue weighted by atomic mass is 19.3. The van der Waals surface area contributed by atoms with Gasteiger partial charge >= 0.3 is 6.61 Å². The molecule has 2 aromatic carbocycles. The van der Waals surface area contributed by atoms with Gasteiger partial charge in [0.2, 0.25) is 0 Å². The molecule has 0 saturated carbocycles. The Morgan fingerprint density at radius 1 is 0.967 bits per heavy atom. The van der Waals surface area contributed by atoms with E-state index in [1.54, 1.807) is 12.1 Å². The number of carbonyl (C=O) groups is 2. The highest BCUT2D eigenvalue weighted by Gasteiger charge is 2.12. The number of amides is 2. The highest BCUT2D eigenvalue weighted by Crippen LogP contribution is 2.28. The molecule has 7 nitrogen and oxygen atoms in total. The summed E-state index contributed by atoms with van der Waals surface area (Å²) in [5.74, 6) is -0.218. The third-order valence-corrected chi connectivity index (χ3v) is 3.62. The van der Waals surface area contributed by atoms with Gasteiger partial charge in [-0.3, -0.25) is 20.4 Å². The van der Waals surface area contributed by atoms with Gasteiger partial charge in [-0.15, -0.1) is 0 Å². The summed E-state index contributed by atoms with van der Waals surface area (Å²) in [6.07, 6.45) is 2.58. The molecule has 30 heavy (non-hydrogen) atoms. The van der Waals surface area contributed by atoms with Crippen LogP contribution in [0.5, 0.6) is 17.2 Å². The molecular formula is C21H22F2N2O5. The molecule has 0 aliphatic heterocycles. The van der Waals surface area contributed by atoms with Gasteiger partial charge < -0.3 is 14.2 Å². The molecule has 0 bridgehead atoms. The minimum Gasteiger partial charge on any atom is -0.493 e. The molecule has 0 aromatic heterocycles. The van der Waals surface area contributed by atoms with Gasteiger partial charge in [0.15, 0.2) is 11.5 Å². The van der Waals surface area contributed by atoms with Crippen LogP contribution in [0.15, 0.2) is 48.5 Å². The number of hydrazine groups is 1. The minimum absolute atomic E-state index is 0.0131. The molecule has 0 unspecified atom stereocenters. The van der Waals surface area contributed by atoms with Gasteiger partial charge in [-0.05, 0) is 55.8 Å². The zero-order chi connectivity index (χ0) is 22.1. The molecule has 0 spiro atoms. The monoisotopic (exact) mass is 420 g/mol. The first-order valence-corrected chi connectivity index (χ1v) is 8.96. The van der Waals surface area contributed by atoms with Gasteiger partial charge in [-0.25, -0.2) is 0 Å². The maximum Gasteiger partial charge on any atom is 0.387 e. The fraction of sp³-hybridized carbons (Fsp3) is 0.238. The second-order valence-corrected chi connectivity index (χ2v) is 6.26. The van der Waals surface area contributed by atoms with E-state index in [-0.39, 0.29) is 17.4 Å². The van der Waals surface area contributed by atoms with Gasteiger partial charge in [0.25, 0.3) is 11.8 Å². The molecule has 9 heteroatoms. The molecule has 160 valence electrons. The number of carbonyl (C=O) groups excluding carboxylic acids is 2. The van der Waals surface area contributed by atoms with Crippen molar-refractivity contribution in [2.75, 3.05) is 7.11 Å². The van der Waals surface area contributed by atoms with Crippen molar-refractivity contribution >= 4 is 17.9 Å². The fourth-order valence-electron chi connectivity index (χ4n) is 2.32. The summed E-state index contributed by atoms with van der Waals surface area (Å²) in [5, 5.41) is 0. The van der Waals surface area contributed by atoms with Crippen LogP contribution in [0.2, 0.25) is 0 Å². The third kappa shape index (κ3) is 7.08. The average molecular weight is 420 g/mol. The number of nitrogens with one attached hydrogen (secondary N) is 2. The number of alkyl halides is 2. The average Bonchev–Trinajstić information content (AvgIpc) is 2.71. The zero-order valence-corrected chi connectivity index (χ0v) is 16.6. The lowest BCUT2D eigenvalue weighted by atomic mass is 10.2. The number of halogens is 2. The number of methoxy groups -OCH3 is 1. The number of benzene rings is 2. The molecule has 0 radical (unpaired) electrons. The predicted octanol–water partition coefficient (Wildman–Crippen LogP) is 3.56. The second kappa shape index (κ2) is 10.8. The zero-order valence-electron chi connectivity index (χ0n) is 16.6. The summed E-state index contributed by atoms with van der Waals surface area (Å²) in [4.78, 5) is 24.1. The topological polar surface area (TPSA) is 85.9 Å². The van der Waals surface area contributed by atoms with Crippen LogP contribution in [0.4, 0.5) is 8.78 Å². The molecule has 0 fully saturated rings. The van der Waals surface area contributed by atoms with Gasteiger partial charge in [0, 0.05) is 11.6 Å². The van der Waals surface area contributed by atoms with Crippen molar-refractivity contribution in [1.82, 2.24) is 10.9 Å². The van der Waals surface area contributed by atoms with Crippen LogP contribution in [0.1, 0.15) is 29.8 Å². The van der Waals surface area contributed by atoms with Crippen molar-refractivity contribution in [2.45, 2.75) is 26.6 Å². The van der Waals surface area contributed by atoms with E-state index in [0.29, 0.717) is 17.1 Å². The molecule has 0 heterocycles. The van der Waals surface area contributed by atoms with E-state index < -0.39 is 18.4 Å². The molecule has 0 aliphatic rings. The van der Waals surface area contributed by atoms with Crippen molar-refractivity contribution < 1.29 is 32.6 Å².